The highest BCUT2D eigenvalue weighted by Crippen LogP contribution is 2.43. The van der Waals surface area contributed by atoms with Gasteiger partial charge in [0.1, 0.15) is 19.0 Å². The quantitative estimate of drug-likeness (QED) is 0.129. The first-order valence-corrected chi connectivity index (χ1v) is 18.7. The van der Waals surface area contributed by atoms with Crippen LogP contribution in [0.2, 0.25) is 0 Å². The predicted molar refractivity (Wildman–Crippen MR) is 206 cm³/mol. The third-order valence-corrected chi connectivity index (χ3v) is 11.5. The van der Waals surface area contributed by atoms with E-state index in [1.807, 2.05) is 12.1 Å². The number of carbonyl (C=O) groups is 2. The first kappa shape index (κ1) is 44.9. The fourth-order valence-electron chi connectivity index (χ4n) is 6.35. The van der Waals surface area contributed by atoms with Crippen LogP contribution >= 0.6 is 0 Å². The molecule has 284 valence electrons. The van der Waals surface area contributed by atoms with Crippen molar-refractivity contribution >= 4 is 11.9 Å². The van der Waals surface area contributed by atoms with Crippen LogP contribution in [0.15, 0.2) is 12.1 Å². The summed E-state index contributed by atoms with van der Waals surface area (Å²) in [5.74, 6) is -0.839. The zero-order chi connectivity index (χ0) is 38.6. The number of nitrogens with zero attached hydrogens (tertiary/aromatic N) is 2. The smallest absolute Gasteiger partial charge is 0.323 e. The lowest BCUT2D eigenvalue weighted by molar-refractivity contribution is -0.178. The van der Waals surface area contributed by atoms with E-state index in [9.17, 15) is 14.7 Å². The van der Waals surface area contributed by atoms with Crippen molar-refractivity contribution in [2.45, 2.75) is 189 Å². The van der Waals surface area contributed by atoms with Crippen molar-refractivity contribution in [3.8, 4) is 5.75 Å². The van der Waals surface area contributed by atoms with Crippen LogP contribution in [0.1, 0.15) is 166 Å². The molecule has 0 aliphatic rings. The van der Waals surface area contributed by atoms with Gasteiger partial charge in [-0.05, 0) is 123 Å². The third-order valence-electron chi connectivity index (χ3n) is 11.5. The highest BCUT2D eigenvalue weighted by atomic mass is 16.6. The Morgan fingerprint density at radius 2 is 0.980 bits per heavy atom. The number of carbonyl (C=O) groups excluding carboxylic acids is 2. The van der Waals surface area contributed by atoms with Crippen LogP contribution in [-0.4, -0.2) is 76.3 Å². The molecule has 49 heavy (non-hydrogen) atoms. The number of esters is 2. The van der Waals surface area contributed by atoms with E-state index in [2.05, 4.69) is 142 Å². The predicted octanol–water partition coefficient (Wildman–Crippen LogP) is 9.59. The largest absolute Gasteiger partial charge is 0.507 e. The van der Waals surface area contributed by atoms with Gasteiger partial charge in [-0.2, -0.15) is 0 Å². The number of aromatic hydroxyl groups is 1. The number of phenols is 1. The number of benzene rings is 1. The average molecular weight is 689 g/mol. The summed E-state index contributed by atoms with van der Waals surface area (Å²) in [6.45, 7) is 36.0. The molecule has 0 aromatic heterocycles. The molecule has 0 saturated heterocycles. The lowest BCUT2D eigenvalue weighted by atomic mass is 9.73. The molecule has 1 N–H and O–H groups in total. The number of unbranched alkanes of at least 4 members (excludes halogenated alkanes) is 1. The van der Waals surface area contributed by atoms with Gasteiger partial charge in [-0.25, -0.2) is 0 Å². The molecular weight excluding hydrogens is 612 g/mol. The third kappa shape index (κ3) is 10.9. The van der Waals surface area contributed by atoms with Crippen LogP contribution < -0.4 is 0 Å². The number of phenolic OH excluding ortho intramolecular Hbond substituents is 1. The molecule has 0 radical (unpaired) electrons. The van der Waals surface area contributed by atoms with Gasteiger partial charge >= 0.3 is 11.9 Å². The van der Waals surface area contributed by atoms with Crippen LogP contribution in [0.5, 0.6) is 5.75 Å². The Balaban J connectivity index is 3.90. The molecule has 0 amide bonds. The first-order chi connectivity index (χ1) is 22.0. The standard InChI is InChI=1S/C42H76N2O5/c1-20-23-24-42(34(46)48-28-40(14,15)43(18)38(10,11)21-2,35(47)49-29-41(16,17)44(19)39(12,13)22-3)27-30-25-31(36(4,5)6)33(45)32(26-30)37(7,8)9/h25-26,45H,20-24,27-29H2,1-19H3. The molecule has 0 spiro atoms. The monoisotopic (exact) mass is 689 g/mol. The van der Waals surface area contributed by atoms with Crippen molar-refractivity contribution in [3.63, 3.8) is 0 Å². The Bertz CT molecular complexity index is 1180. The molecule has 0 bridgehead atoms. The maximum Gasteiger partial charge on any atom is 0.323 e. The minimum Gasteiger partial charge on any atom is -0.507 e. The Labute approximate surface area is 301 Å². The summed E-state index contributed by atoms with van der Waals surface area (Å²) < 4.78 is 12.5. The van der Waals surface area contributed by atoms with Crippen LogP contribution in [0, 0.1) is 5.41 Å². The molecule has 1 rings (SSSR count). The number of hydrogen-bond donors (Lipinski definition) is 1. The van der Waals surface area contributed by atoms with Crippen LogP contribution in [-0.2, 0) is 36.3 Å². The van der Waals surface area contributed by atoms with E-state index < -0.39 is 28.4 Å². The summed E-state index contributed by atoms with van der Waals surface area (Å²) >= 11 is 0. The van der Waals surface area contributed by atoms with E-state index in [1.54, 1.807) is 0 Å². The summed E-state index contributed by atoms with van der Waals surface area (Å²) in [6, 6.07) is 3.93. The van der Waals surface area contributed by atoms with E-state index >= 15 is 0 Å². The second-order valence-electron chi connectivity index (χ2n) is 19.1. The van der Waals surface area contributed by atoms with Gasteiger partial charge in [0.05, 0.1) is 0 Å². The zero-order valence-corrected chi connectivity index (χ0v) is 35.3. The van der Waals surface area contributed by atoms with Gasteiger partial charge in [-0.3, -0.25) is 19.4 Å². The Kier molecular flexibility index (Phi) is 14.7. The number of hydrogen-bond acceptors (Lipinski definition) is 7. The molecule has 7 heteroatoms. The highest BCUT2D eigenvalue weighted by Gasteiger charge is 2.50. The van der Waals surface area contributed by atoms with Crippen molar-refractivity contribution < 1.29 is 24.2 Å². The molecule has 0 heterocycles. The maximum absolute atomic E-state index is 14.7. The van der Waals surface area contributed by atoms with Gasteiger partial charge in [0.2, 0.25) is 0 Å². The Hall–Kier alpha value is -2.12. The van der Waals surface area contributed by atoms with Gasteiger partial charge < -0.3 is 14.6 Å². The van der Waals surface area contributed by atoms with Gasteiger partial charge in [-0.15, -0.1) is 0 Å². The average Bonchev–Trinajstić information content (AvgIpc) is 2.99. The number of ether oxygens (including phenoxy) is 2. The number of rotatable bonds is 17. The molecule has 0 atom stereocenters. The Morgan fingerprint density at radius 3 is 1.27 bits per heavy atom. The van der Waals surface area contributed by atoms with Crippen molar-refractivity contribution in [2.75, 3.05) is 27.3 Å². The lowest BCUT2D eigenvalue weighted by Gasteiger charge is -2.46. The topological polar surface area (TPSA) is 79.3 Å². The summed E-state index contributed by atoms with van der Waals surface area (Å²) in [6.07, 6.45) is 3.73. The van der Waals surface area contributed by atoms with Gasteiger partial charge in [-0.1, -0.05) is 87.3 Å². The van der Waals surface area contributed by atoms with E-state index in [1.165, 1.54) is 0 Å². The summed E-state index contributed by atoms with van der Waals surface area (Å²) in [7, 11) is 4.12. The van der Waals surface area contributed by atoms with Gasteiger partial charge in [0, 0.05) is 22.2 Å². The van der Waals surface area contributed by atoms with Crippen LogP contribution in [0.25, 0.3) is 0 Å². The van der Waals surface area contributed by atoms with E-state index in [0.29, 0.717) is 12.8 Å². The molecule has 1 aromatic carbocycles. The minimum atomic E-state index is -1.57. The molecule has 1 aromatic rings. The maximum atomic E-state index is 14.7. The summed E-state index contributed by atoms with van der Waals surface area (Å²) in [5, 5.41) is 11.5. The summed E-state index contributed by atoms with van der Waals surface area (Å²) in [5.41, 5.74) is -1.11. The fourth-order valence-corrected chi connectivity index (χ4v) is 6.35. The second-order valence-corrected chi connectivity index (χ2v) is 19.1. The van der Waals surface area contributed by atoms with Crippen molar-refractivity contribution in [1.29, 1.82) is 0 Å². The van der Waals surface area contributed by atoms with Crippen molar-refractivity contribution in [2.24, 2.45) is 5.41 Å². The van der Waals surface area contributed by atoms with Crippen molar-refractivity contribution in [3.05, 3.63) is 28.8 Å². The molecule has 7 nitrogen and oxygen atoms in total. The normalized spacial score (nSPS) is 14.1. The highest BCUT2D eigenvalue weighted by molar-refractivity contribution is 6.00. The van der Waals surface area contributed by atoms with Crippen LogP contribution in [0.3, 0.4) is 0 Å². The lowest BCUT2D eigenvalue weighted by Crippen LogP contribution is -2.57. The van der Waals surface area contributed by atoms with E-state index in [-0.39, 0.29) is 47.3 Å². The SMILES string of the molecule is CCCCC(Cc1cc(C(C)(C)C)c(O)c(C(C)(C)C)c1)(C(=O)OCC(C)(C)N(C)C(C)(C)CC)C(=O)OCC(C)(C)N(C)C(C)(C)CC. The van der Waals surface area contributed by atoms with Crippen molar-refractivity contribution in [1.82, 2.24) is 9.80 Å². The molecule has 0 aliphatic carbocycles. The van der Waals surface area contributed by atoms with E-state index in [4.69, 9.17) is 9.47 Å². The first-order valence-electron chi connectivity index (χ1n) is 18.7. The fraction of sp³-hybridized carbons (Fsp3) is 0.810. The molecule has 0 aliphatic heterocycles. The van der Waals surface area contributed by atoms with Gasteiger partial charge in [0.15, 0.2) is 5.41 Å². The Morgan fingerprint density at radius 1 is 0.633 bits per heavy atom. The molecular formula is C42H76N2O5. The minimum absolute atomic E-state index is 0.114. The molecule has 0 unspecified atom stereocenters. The zero-order valence-electron chi connectivity index (χ0n) is 35.3. The molecule has 0 saturated carbocycles. The van der Waals surface area contributed by atoms with E-state index in [0.717, 1.165) is 36.0 Å². The second kappa shape index (κ2) is 16.0. The molecule has 0 fully saturated rings. The van der Waals surface area contributed by atoms with Crippen LogP contribution in [0.4, 0.5) is 0 Å². The van der Waals surface area contributed by atoms with Gasteiger partial charge in [0.25, 0.3) is 0 Å². The number of likely N-dealkylation sites (N-methyl/N-ethyl adjacent to an activating group) is 2. The summed E-state index contributed by atoms with van der Waals surface area (Å²) in [4.78, 5) is 33.9.